The van der Waals surface area contributed by atoms with Gasteiger partial charge in [-0.05, 0) is 34.1 Å². The maximum Gasteiger partial charge on any atom is 0.264 e. The minimum absolute atomic E-state index is 0.190. The molecular formula is C12H21NO4S. The van der Waals surface area contributed by atoms with Crippen molar-refractivity contribution in [2.45, 2.75) is 34.1 Å². The maximum atomic E-state index is 11.8. The molecule has 104 valence electrons. The number of allylic oxidation sites excluding steroid dienone is 2. The number of nitrogens with one attached hydrogen (secondary N) is 1. The first-order valence-electron chi connectivity index (χ1n) is 5.69. The van der Waals surface area contributed by atoms with Gasteiger partial charge in [-0.1, -0.05) is 17.2 Å². The van der Waals surface area contributed by atoms with Crippen LogP contribution in [0.3, 0.4) is 0 Å². The number of carbonyl (C=O) groups is 1. The minimum atomic E-state index is -3.95. The fourth-order valence-electron chi connectivity index (χ4n) is 1.28. The first-order chi connectivity index (χ1) is 8.13. The molecule has 1 amide bonds. The monoisotopic (exact) mass is 275 g/mol. The van der Waals surface area contributed by atoms with Gasteiger partial charge in [-0.25, -0.2) is 0 Å². The third-order valence-electron chi connectivity index (χ3n) is 2.08. The fourth-order valence-corrected chi connectivity index (χ4v) is 1.79. The molecule has 0 aliphatic carbocycles. The quantitative estimate of drug-likeness (QED) is 0.334. The van der Waals surface area contributed by atoms with E-state index in [4.69, 9.17) is 4.55 Å². The van der Waals surface area contributed by atoms with Gasteiger partial charge in [-0.3, -0.25) is 9.35 Å². The van der Waals surface area contributed by atoms with Crippen LogP contribution in [0.25, 0.3) is 0 Å². The van der Waals surface area contributed by atoms with Gasteiger partial charge in [0.05, 0.1) is 5.75 Å². The third kappa shape index (κ3) is 8.03. The van der Waals surface area contributed by atoms with Gasteiger partial charge in [0.2, 0.25) is 0 Å². The standard InChI is InChI=1S/C12H21NO4S/c1-9(2)8-11(10(3)4)12(14)13-6-5-7-18(15,16)17/h8H,5-7H2,1-4H3,(H,13,14)(H,15,16,17). The van der Waals surface area contributed by atoms with Gasteiger partial charge >= 0.3 is 0 Å². The van der Waals surface area contributed by atoms with Crippen molar-refractivity contribution in [2.75, 3.05) is 12.3 Å². The van der Waals surface area contributed by atoms with Crippen LogP contribution in [0.4, 0.5) is 0 Å². The zero-order valence-corrected chi connectivity index (χ0v) is 12.1. The van der Waals surface area contributed by atoms with Crippen molar-refractivity contribution in [1.29, 1.82) is 0 Å². The summed E-state index contributed by atoms with van der Waals surface area (Å²) in [5, 5.41) is 2.63. The summed E-state index contributed by atoms with van der Waals surface area (Å²) >= 11 is 0. The number of amides is 1. The summed E-state index contributed by atoms with van der Waals surface area (Å²) in [6, 6.07) is 0. The molecule has 0 aromatic rings. The molecule has 0 unspecified atom stereocenters. The lowest BCUT2D eigenvalue weighted by Gasteiger charge is -2.07. The van der Waals surface area contributed by atoms with Crippen molar-refractivity contribution >= 4 is 16.0 Å². The fraction of sp³-hybridized carbons (Fsp3) is 0.583. The lowest BCUT2D eigenvalue weighted by Crippen LogP contribution is -2.27. The van der Waals surface area contributed by atoms with E-state index in [-0.39, 0.29) is 24.6 Å². The first kappa shape index (κ1) is 16.9. The van der Waals surface area contributed by atoms with E-state index in [1.165, 1.54) is 0 Å². The van der Waals surface area contributed by atoms with Crippen LogP contribution in [-0.2, 0) is 14.9 Å². The van der Waals surface area contributed by atoms with Crippen molar-refractivity contribution in [3.8, 4) is 0 Å². The number of rotatable bonds is 6. The van der Waals surface area contributed by atoms with Crippen LogP contribution in [0.15, 0.2) is 22.8 Å². The molecular weight excluding hydrogens is 254 g/mol. The molecule has 0 fully saturated rings. The van der Waals surface area contributed by atoms with Crippen LogP contribution in [0, 0.1) is 0 Å². The van der Waals surface area contributed by atoms with E-state index >= 15 is 0 Å². The predicted octanol–water partition coefficient (Wildman–Crippen LogP) is 1.68. The van der Waals surface area contributed by atoms with E-state index in [9.17, 15) is 13.2 Å². The Kier molecular flexibility index (Phi) is 6.86. The normalized spacial score (nSPS) is 10.7. The SMILES string of the molecule is CC(C)=CC(C(=O)NCCCS(=O)(=O)O)=C(C)C. The van der Waals surface area contributed by atoms with E-state index in [1.807, 2.05) is 27.7 Å². The van der Waals surface area contributed by atoms with Crippen molar-refractivity contribution in [1.82, 2.24) is 5.32 Å². The second kappa shape index (κ2) is 7.33. The van der Waals surface area contributed by atoms with Crippen molar-refractivity contribution in [2.24, 2.45) is 0 Å². The molecule has 0 aliphatic heterocycles. The molecule has 5 nitrogen and oxygen atoms in total. The molecule has 18 heavy (non-hydrogen) atoms. The van der Waals surface area contributed by atoms with Gasteiger partial charge in [0.1, 0.15) is 0 Å². The van der Waals surface area contributed by atoms with Gasteiger partial charge in [0.25, 0.3) is 16.0 Å². The molecule has 6 heteroatoms. The Hall–Kier alpha value is -1.14. The summed E-state index contributed by atoms with van der Waals surface area (Å²) in [6.07, 6.45) is 1.98. The zero-order chi connectivity index (χ0) is 14.3. The van der Waals surface area contributed by atoms with Gasteiger partial charge < -0.3 is 5.32 Å². The van der Waals surface area contributed by atoms with Gasteiger partial charge in [0, 0.05) is 12.1 Å². The van der Waals surface area contributed by atoms with Crippen molar-refractivity contribution < 1.29 is 17.8 Å². The topological polar surface area (TPSA) is 83.5 Å². The third-order valence-corrected chi connectivity index (χ3v) is 2.89. The summed E-state index contributed by atoms with van der Waals surface area (Å²) in [6.45, 7) is 7.69. The Bertz CT molecular complexity index is 452. The van der Waals surface area contributed by atoms with E-state index in [1.54, 1.807) is 6.08 Å². The Morgan fingerprint density at radius 2 is 1.78 bits per heavy atom. The summed E-state index contributed by atoms with van der Waals surface area (Å²) in [7, 11) is -3.95. The Labute approximate surface area is 109 Å². The first-order valence-corrected chi connectivity index (χ1v) is 7.30. The molecule has 0 aromatic heterocycles. The highest BCUT2D eigenvalue weighted by Gasteiger charge is 2.09. The molecule has 0 bridgehead atoms. The molecule has 0 spiro atoms. The average molecular weight is 275 g/mol. The molecule has 0 atom stereocenters. The summed E-state index contributed by atoms with van der Waals surface area (Å²) < 4.78 is 29.5. The van der Waals surface area contributed by atoms with Crippen molar-refractivity contribution in [3.63, 3.8) is 0 Å². The molecule has 0 rings (SSSR count). The van der Waals surface area contributed by atoms with Crippen LogP contribution in [0.5, 0.6) is 0 Å². The van der Waals surface area contributed by atoms with E-state index in [2.05, 4.69) is 5.32 Å². The summed E-state index contributed by atoms with van der Waals surface area (Å²) in [5.41, 5.74) is 2.49. The summed E-state index contributed by atoms with van der Waals surface area (Å²) in [4.78, 5) is 11.8. The molecule has 0 saturated carbocycles. The van der Waals surface area contributed by atoms with Gasteiger partial charge in [-0.15, -0.1) is 0 Å². The lowest BCUT2D eigenvalue weighted by atomic mass is 10.1. The molecule has 0 aromatic carbocycles. The number of carbonyl (C=O) groups excluding carboxylic acids is 1. The smallest absolute Gasteiger partial charge is 0.264 e. The predicted molar refractivity (Wildman–Crippen MR) is 71.8 cm³/mol. The van der Waals surface area contributed by atoms with E-state index in [0.717, 1.165) is 11.1 Å². The lowest BCUT2D eigenvalue weighted by molar-refractivity contribution is -0.117. The Morgan fingerprint density at radius 1 is 1.22 bits per heavy atom. The van der Waals surface area contributed by atoms with Crippen LogP contribution in [0.2, 0.25) is 0 Å². The van der Waals surface area contributed by atoms with Crippen LogP contribution in [0.1, 0.15) is 34.1 Å². The van der Waals surface area contributed by atoms with Gasteiger partial charge in [-0.2, -0.15) is 8.42 Å². The van der Waals surface area contributed by atoms with E-state index < -0.39 is 10.1 Å². The number of hydrogen-bond donors (Lipinski definition) is 2. The Balaban J connectivity index is 4.40. The van der Waals surface area contributed by atoms with Crippen molar-refractivity contribution in [3.05, 3.63) is 22.8 Å². The van der Waals surface area contributed by atoms with Crippen LogP contribution in [-0.4, -0.2) is 31.2 Å². The van der Waals surface area contributed by atoms with Crippen LogP contribution >= 0.6 is 0 Å². The highest BCUT2D eigenvalue weighted by atomic mass is 32.2. The second-order valence-corrected chi connectivity index (χ2v) is 6.10. The molecule has 0 heterocycles. The Morgan fingerprint density at radius 3 is 2.17 bits per heavy atom. The molecule has 2 N–H and O–H groups in total. The highest BCUT2D eigenvalue weighted by molar-refractivity contribution is 7.85. The van der Waals surface area contributed by atoms with E-state index in [0.29, 0.717) is 5.57 Å². The second-order valence-electron chi connectivity index (χ2n) is 4.53. The maximum absolute atomic E-state index is 11.8. The molecule has 0 saturated heterocycles. The van der Waals surface area contributed by atoms with Crippen LogP contribution < -0.4 is 5.32 Å². The zero-order valence-electron chi connectivity index (χ0n) is 11.3. The minimum Gasteiger partial charge on any atom is -0.352 e. The average Bonchev–Trinajstić information content (AvgIpc) is 2.18. The largest absolute Gasteiger partial charge is 0.352 e. The molecule has 0 radical (unpaired) electrons. The highest BCUT2D eigenvalue weighted by Crippen LogP contribution is 2.08. The summed E-state index contributed by atoms with van der Waals surface area (Å²) in [5.74, 6) is -0.577. The van der Waals surface area contributed by atoms with Gasteiger partial charge in [0.15, 0.2) is 0 Å². The molecule has 0 aliphatic rings. The number of hydrogen-bond acceptors (Lipinski definition) is 3.